The Morgan fingerprint density at radius 1 is 1.10 bits per heavy atom. The molecule has 1 saturated carbocycles. The fourth-order valence-corrected chi connectivity index (χ4v) is 5.50. The molecule has 8 heteroatoms. The van der Waals surface area contributed by atoms with E-state index < -0.39 is 5.97 Å². The molecule has 0 atom stereocenters. The van der Waals surface area contributed by atoms with Crippen LogP contribution in [0.1, 0.15) is 87.3 Å². The number of nitrogens with zero attached hydrogens (tertiary/aromatic N) is 2. The van der Waals surface area contributed by atoms with Crippen molar-refractivity contribution in [2.75, 3.05) is 32.1 Å². The van der Waals surface area contributed by atoms with Crippen LogP contribution in [0.2, 0.25) is 0 Å². The summed E-state index contributed by atoms with van der Waals surface area (Å²) >= 11 is 0. The van der Waals surface area contributed by atoms with Crippen LogP contribution in [0.25, 0.3) is 11.1 Å². The molecule has 2 heterocycles. The number of ether oxygens (including phenoxy) is 3. The van der Waals surface area contributed by atoms with Crippen molar-refractivity contribution >= 4 is 17.7 Å². The van der Waals surface area contributed by atoms with Gasteiger partial charge in [-0.05, 0) is 63.6 Å². The van der Waals surface area contributed by atoms with Crippen LogP contribution in [0.15, 0.2) is 30.3 Å². The number of methoxy groups -OCH3 is 1. The summed E-state index contributed by atoms with van der Waals surface area (Å²) < 4.78 is 16.7. The zero-order valence-corrected chi connectivity index (χ0v) is 23.9. The highest BCUT2D eigenvalue weighted by Crippen LogP contribution is 2.33. The van der Waals surface area contributed by atoms with E-state index in [0.29, 0.717) is 17.5 Å². The molecule has 2 aliphatic rings. The molecule has 1 aromatic heterocycles. The fraction of sp³-hybridized carbons (Fsp3) is 0.581. The first-order valence-corrected chi connectivity index (χ1v) is 14.5. The Hall–Kier alpha value is -2.97. The molecular formula is C31H44N4O4. The number of aromatic nitrogens is 1. The van der Waals surface area contributed by atoms with Gasteiger partial charge < -0.3 is 19.5 Å². The minimum absolute atomic E-state index is 0.0475. The molecule has 1 aliphatic heterocycles. The van der Waals surface area contributed by atoms with Gasteiger partial charge in [0.25, 0.3) is 0 Å². The van der Waals surface area contributed by atoms with Gasteiger partial charge in [0.2, 0.25) is 5.90 Å². The van der Waals surface area contributed by atoms with Gasteiger partial charge in [0.1, 0.15) is 5.82 Å². The second-order valence-corrected chi connectivity index (χ2v) is 10.9. The standard InChI is InChI=1S/C31H44N4O4/c1-5-38-31(36)27-19-26(23-13-11-22(12-14-23)20-35-17-15-25(37-4)16-18-35)28(29(32)39-21(2)3)30(34-27)33-24-9-7-6-8-10-24/h11-14,19,21,24-25,32H,5-10,15-18,20H2,1-4H3,(H,33,34). The van der Waals surface area contributed by atoms with Crippen molar-refractivity contribution in [3.8, 4) is 11.1 Å². The average Bonchev–Trinajstić information content (AvgIpc) is 2.94. The van der Waals surface area contributed by atoms with Crippen LogP contribution in [0.4, 0.5) is 5.82 Å². The number of benzene rings is 1. The van der Waals surface area contributed by atoms with E-state index in [2.05, 4.69) is 39.5 Å². The zero-order chi connectivity index (χ0) is 27.8. The summed E-state index contributed by atoms with van der Waals surface area (Å²) in [5, 5.41) is 12.4. The second-order valence-electron chi connectivity index (χ2n) is 10.9. The van der Waals surface area contributed by atoms with Crippen LogP contribution < -0.4 is 5.32 Å². The fourth-order valence-electron chi connectivity index (χ4n) is 5.50. The van der Waals surface area contributed by atoms with Crippen LogP contribution in [0.3, 0.4) is 0 Å². The largest absolute Gasteiger partial charge is 0.475 e. The van der Waals surface area contributed by atoms with Crippen LogP contribution in [0, 0.1) is 5.41 Å². The number of nitrogens with one attached hydrogen (secondary N) is 2. The monoisotopic (exact) mass is 536 g/mol. The minimum Gasteiger partial charge on any atom is -0.475 e. The van der Waals surface area contributed by atoms with E-state index in [9.17, 15) is 4.79 Å². The van der Waals surface area contributed by atoms with Crippen molar-refractivity contribution < 1.29 is 19.0 Å². The molecule has 2 N–H and O–H groups in total. The molecule has 0 spiro atoms. The number of hydrogen-bond acceptors (Lipinski definition) is 8. The minimum atomic E-state index is -0.468. The summed E-state index contributed by atoms with van der Waals surface area (Å²) in [5.74, 6) is 0.0916. The van der Waals surface area contributed by atoms with Crippen molar-refractivity contribution in [1.29, 1.82) is 5.41 Å². The summed E-state index contributed by atoms with van der Waals surface area (Å²) in [5.41, 5.74) is 3.69. The van der Waals surface area contributed by atoms with Crippen LogP contribution >= 0.6 is 0 Å². The maximum atomic E-state index is 12.8. The van der Waals surface area contributed by atoms with Gasteiger partial charge in [0, 0.05) is 38.3 Å². The summed E-state index contributed by atoms with van der Waals surface area (Å²) in [7, 11) is 1.79. The molecule has 212 valence electrons. The van der Waals surface area contributed by atoms with Gasteiger partial charge in [0.05, 0.1) is 24.4 Å². The quantitative estimate of drug-likeness (QED) is 0.217. The maximum absolute atomic E-state index is 12.8. The molecule has 0 bridgehead atoms. The van der Waals surface area contributed by atoms with Gasteiger partial charge in [-0.2, -0.15) is 0 Å². The van der Waals surface area contributed by atoms with Gasteiger partial charge in [-0.15, -0.1) is 0 Å². The smallest absolute Gasteiger partial charge is 0.357 e. The van der Waals surface area contributed by atoms with Crippen molar-refractivity contribution in [1.82, 2.24) is 9.88 Å². The van der Waals surface area contributed by atoms with Gasteiger partial charge >= 0.3 is 5.97 Å². The Bertz CT molecular complexity index is 1100. The highest BCUT2D eigenvalue weighted by molar-refractivity contribution is 6.05. The number of likely N-dealkylation sites (tertiary alicyclic amines) is 1. The van der Waals surface area contributed by atoms with E-state index in [4.69, 9.17) is 19.6 Å². The Morgan fingerprint density at radius 3 is 2.41 bits per heavy atom. The summed E-state index contributed by atoms with van der Waals surface area (Å²) in [6.45, 7) is 8.81. The first kappa shape index (κ1) is 29.0. The number of hydrogen-bond donors (Lipinski definition) is 2. The number of rotatable bonds is 10. The summed E-state index contributed by atoms with van der Waals surface area (Å²) in [6, 6.07) is 10.4. The lowest BCUT2D eigenvalue weighted by Gasteiger charge is -2.31. The van der Waals surface area contributed by atoms with Crippen LogP contribution in [0.5, 0.6) is 0 Å². The molecule has 0 unspecified atom stereocenters. The van der Waals surface area contributed by atoms with E-state index in [1.165, 1.54) is 12.0 Å². The molecule has 1 saturated heterocycles. The van der Waals surface area contributed by atoms with E-state index in [0.717, 1.165) is 69.3 Å². The molecule has 39 heavy (non-hydrogen) atoms. The number of piperidine rings is 1. The van der Waals surface area contributed by atoms with Gasteiger partial charge in [0.15, 0.2) is 5.69 Å². The zero-order valence-electron chi connectivity index (χ0n) is 23.9. The van der Waals surface area contributed by atoms with Crippen molar-refractivity contribution in [2.24, 2.45) is 0 Å². The lowest BCUT2D eigenvalue weighted by atomic mass is 9.94. The molecule has 0 amide bonds. The lowest BCUT2D eigenvalue weighted by Crippen LogP contribution is -2.36. The molecule has 4 rings (SSSR count). The lowest BCUT2D eigenvalue weighted by molar-refractivity contribution is 0.0388. The van der Waals surface area contributed by atoms with Crippen LogP contribution in [-0.2, 0) is 20.8 Å². The molecule has 2 fully saturated rings. The normalized spacial score (nSPS) is 17.3. The number of carbonyl (C=O) groups excluding carboxylic acids is 1. The Morgan fingerprint density at radius 2 is 1.79 bits per heavy atom. The number of esters is 1. The highest BCUT2D eigenvalue weighted by Gasteiger charge is 2.25. The molecule has 8 nitrogen and oxygen atoms in total. The van der Waals surface area contributed by atoms with E-state index in [-0.39, 0.29) is 30.3 Å². The Labute approximate surface area is 232 Å². The SMILES string of the molecule is CCOC(=O)c1cc(-c2ccc(CN3CCC(OC)CC3)cc2)c(C(=N)OC(C)C)c(NC2CCCCC2)n1. The third kappa shape index (κ3) is 7.79. The predicted molar refractivity (Wildman–Crippen MR) is 154 cm³/mol. The Balaban J connectivity index is 1.68. The Kier molecular flexibility index (Phi) is 10.3. The van der Waals surface area contributed by atoms with Crippen molar-refractivity contribution in [2.45, 2.75) is 90.5 Å². The summed E-state index contributed by atoms with van der Waals surface area (Å²) in [6.07, 6.45) is 7.92. The van der Waals surface area contributed by atoms with E-state index in [1.807, 2.05) is 13.8 Å². The van der Waals surface area contributed by atoms with Crippen LogP contribution in [-0.4, -0.2) is 66.8 Å². The highest BCUT2D eigenvalue weighted by atomic mass is 16.5. The molecule has 1 aliphatic carbocycles. The first-order valence-electron chi connectivity index (χ1n) is 14.5. The second kappa shape index (κ2) is 13.9. The third-order valence-electron chi connectivity index (χ3n) is 7.57. The van der Waals surface area contributed by atoms with Crippen molar-refractivity contribution in [3.05, 3.63) is 47.2 Å². The number of carbonyl (C=O) groups is 1. The topological polar surface area (TPSA) is 96.8 Å². The van der Waals surface area contributed by atoms with E-state index >= 15 is 0 Å². The third-order valence-corrected chi connectivity index (χ3v) is 7.57. The predicted octanol–water partition coefficient (Wildman–Crippen LogP) is 6.03. The van der Waals surface area contributed by atoms with E-state index in [1.54, 1.807) is 20.1 Å². The molecule has 0 radical (unpaired) electrons. The molecular weight excluding hydrogens is 492 g/mol. The average molecular weight is 537 g/mol. The van der Waals surface area contributed by atoms with Gasteiger partial charge in [-0.25, -0.2) is 9.78 Å². The van der Waals surface area contributed by atoms with Gasteiger partial charge in [-0.1, -0.05) is 43.5 Å². The van der Waals surface area contributed by atoms with Gasteiger partial charge in [-0.3, -0.25) is 10.3 Å². The number of pyridine rings is 1. The molecule has 2 aromatic rings. The summed E-state index contributed by atoms with van der Waals surface area (Å²) in [4.78, 5) is 20.0. The first-order chi connectivity index (χ1) is 18.9. The van der Waals surface area contributed by atoms with Crippen molar-refractivity contribution in [3.63, 3.8) is 0 Å². The maximum Gasteiger partial charge on any atom is 0.357 e. The number of anilines is 1. The molecule has 1 aromatic carbocycles.